The van der Waals surface area contributed by atoms with E-state index in [0.717, 1.165) is 12.1 Å². The average Bonchev–Trinajstić information content (AvgIpc) is 3.44. The highest BCUT2D eigenvalue weighted by molar-refractivity contribution is 6.31. The molecular weight excluding hydrogens is 540 g/mol. The van der Waals surface area contributed by atoms with Crippen LogP contribution >= 0.6 is 11.6 Å². The number of carbonyl (C=O) groups excluding carboxylic acids is 2. The Bertz CT molecular complexity index is 1720. The number of ketones is 1. The fraction of sp³-hybridized carbons (Fsp3) is 0.0385. The van der Waals surface area contributed by atoms with Crippen LogP contribution in [0.3, 0.4) is 0 Å². The summed E-state index contributed by atoms with van der Waals surface area (Å²) >= 11 is 5.59. The van der Waals surface area contributed by atoms with Gasteiger partial charge in [-0.1, -0.05) is 17.7 Å². The number of aromatic nitrogens is 4. The fourth-order valence-corrected chi connectivity index (χ4v) is 3.97. The molecule has 3 aromatic carbocycles. The van der Waals surface area contributed by atoms with Crippen LogP contribution in [0.4, 0.5) is 33.7 Å². The minimum Gasteiger partial charge on any atom is -0.308 e. The number of anilines is 2. The first-order valence-corrected chi connectivity index (χ1v) is 11.5. The summed E-state index contributed by atoms with van der Waals surface area (Å²) in [6.07, 6.45) is 0.0256. The average molecular weight is 555 g/mol. The van der Waals surface area contributed by atoms with Crippen molar-refractivity contribution < 1.29 is 27.2 Å². The van der Waals surface area contributed by atoms with Gasteiger partial charge in [0.2, 0.25) is 0 Å². The third-order valence-corrected chi connectivity index (χ3v) is 5.95. The molecule has 0 aliphatic heterocycles. The van der Waals surface area contributed by atoms with Gasteiger partial charge in [-0.2, -0.15) is 18.3 Å². The molecule has 0 saturated heterocycles. The summed E-state index contributed by atoms with van der Waals surface area (Å²) in [7, 11) is 0. The number of benzene rings is 3. The van der Waals surface area contributed by atoms with Crippen LogP contribution in [0.2, 0.25) is 5.02 Å². The van der Waals surface area contributed by atoms with Crippen LogP contribution in [0.25, 0.3) is 22.3 Å². The number of aromatic amines is 1. The van der Waals surface area contributed by atoms with E-state index < -0.39 is 34.4 Å². The molecular formula is C26H15ClF4N6O2. The van der Waals surface area contributed by atoms with Crippen LogP contribution in [0, 0.1) is 5.82 Å². The van der Waals surface area contributed by atoms with Crippen LogP contribution in [-0.2, 0) is 6.18 Å². The highest BCUT2D eigenvalue weighted by Gasteiger charge is 2.33. The largest absolute Gasteiger partial charge is 0.417 e. The van der Waals surface area contributed by atoms with Gasteiger partial charge in [-0.25, -0.2) is 14.2 Å². The molecule has 13 heteroatoms. The van der Waals surface area contributed by atoms with Crippen LogP contribution in [0.1, 0.15) is 21.5 Å². The molecule has 0 radical (unpaired) electrons. The molecule has 0 unspecified atom stereocenters. The molecule has 2 amide bonds. The lowest BCUT2D eigenvalue weighted by Gasteiger charge is -2.13. The Hall–Kier alpha value is -4.84. The minimum absolute atomic E-state index is 0.127. The summed E-state index contributed by atoms with van der Waals surface area (Å²) in [5.41, 5.74) is 0.203. The van der Waals surface area contributed by atoms with Crippen molar-refractivity contribution >= 4 is 45.8 Å². The zero-order valence-corrected chi connectivity index (χ0v) is 20.2. The molecule has 5 rings (SSSR count). The first-order chi connectivity index (χ1) is 18.6. The van der Waals surface area contributed by atoms with Gasteiger partial charge in [-0.05, 0) is 48.5 Å². The van der Waals surface area contributed by atoms with Gasteiger partial charge in [0.15, 0.2) is 11.6 Å². The minimum atomic E-state index is -4.73. The summed E-state index contributed by atoms with van der Waals surface area (Å²) in [6.45, 7) is 0. The van der Waals surface area contributed by atoms with E-state index in [1.165, 1.54) is 30.3 Å². The first-order valence-electron chi connectivity index (χ1n) is 11.1. The summed E-state index contributed by atoms with van der Waals surface area (Å²) in [5.74, 6) is -1.70. The van der Waals surface area contributed by atoms with E-state index in [9.17, 15) is 22.8 Å². The zero-order chi connectivity index (χ0) is 27.7. The van der Waals surface area contributed by atoms with E-state index in [-0.39, 0.29) is 22.5 Å². The molecule has 0 aliphatic carbocycles. The second-order valence-corrected chi connectivity index (χ2v) is 8.62. The van der Waals surface area contributed by atoms with Crippen molar-refractivity contribution in [3.63, 3.8) is 0 Å². The van der Waals surface area contributed by atoms with Gasteiger partial charge in [0.25, 0.3) is 0 Å². The van der Waals surface area contributed by atoms with Crippen LogP contribution in [0.5, 0.6) is 0 Å². The number of hydrogen-bond donors (Lipinski definition) is 3. The molecule has 0 spiro atoms. The molecule has 8 nitrogen and oxygen atoms in total. The maximum Gasteiger partial charge on any atom is 0.417 e. The Morgan fingerprint density at radius 2 is 1.77 bits per heavy atom. The summed E-state index contributed by atoms with van der Waals surface area (Å²) in [4.78, 5) is 34.4. The molecule has 0 atom stereocenters. The topological polar surface area (TPSA) is 113 Å². The number of carbonyl (C=O) groups is 2. The highest BCUT2D eigenvalue weighted by Crippen LogP contribution is 2.36. The first kappa shape index (κ1) is 25.8. The SMILES string of the molecule is O=C(Nc1ccc(Cl)c(C(F)(F)F)c1)Nc1cccc(C(=O)c2ccc3ncc(-c4cn[nH]c4)nc3c2)c1F. The van der Waals surface area contributed by atoms with Gasteiger partial charge in [-0.3, -0.25) is 14.9 Å². The summed E-state index contributed by atoms with van der Waals surface area (Å²) < 4.78 is 54.5. The Balaban J connectivity index is 1.37. The monoisotopic (exact) mass is 554 g/mol. The molecule has 0 saturated carbocycles. The van der Waals surface area contributed by atoms with E-state index in [1.807, 2.05) is 0 Å². The van der Waals surface area contributed by atoms with E-state index in [1.54, 1.807) is 24.7 Å². The molecule has 0 bridgehead atoms. The number of H-pyrrole nitrogens is 1. The Morgan fingerprint density at radius 1 is 0.949 bits per heavy atom. The zero-order valence-electron chi connectivity index (χ0n) is 19.5. The highest BCUT2D eigenvalue weighted by atomic mass is 35.5. The standard InChI is InChI=1S/C26H15ClF4N6O2/c27-18-6-5-15(9-17(18)26(29,30)31)35-25(39)37-20-3-1-2-16(23(20)28)24(38)13-4-7-19-21(8-13)36-22(12-32-19)14-10-33-34-11-14/h1-12H,(H,33,34)(H2,35,37,39). The van der Waals surface area contributed by atoms with Gasteiger partial charge in [0, 0.05) is 23.0 Å². The van der Waals surface area contributed by atoms with Gasteiger partial charge in [-0.15, -0.1) is 0 Å². The number of rotatable bonds is 5. The smallest absolute Gasteiger partial charge is 0.308 e. The predicted octanol–water partition coefficient (Wildman–Crippen LogP) is 6.71. The molecule has 0 fully saturated rings. The van der Waals surface area contributed by atoms with Crippen LogP contribution in [0.15, 0.2) is 73.2 Å². The van der Waals surface area contributed by atoms with Crippen molar-refractivity contribution in [3.05, 3.63) is 101 Å². The summed E-state index contributed by atoms with van der Waals surface area (Å²) in [6, 6.07) is 10.1. The number of hydrogen-bond acceptors (Lipinski definition) is 5. The van der Waals surface area contributed by atoms with Crippen LogP contribution in [-0.4, -0.2) is 32.0 Å². The molecule has 5 aromatic rings. The van der Waals surface area contributed by atoms with Gasteiger partial charge in [0.05, 0.1) is 51.0 Å². The second kappa shape index (κ2) is 10.1. The van der Waals surface area contributed by atoms with E-state index >= 15 is 4.39 Å². The lowest BCUT2D eigenvalue weighted by atomic mass is 10.0. The molecule has 39 heavy (non-hydrogen) atoms. The maximum absolute atomic E-state index is 15.3. The lowest BCUT2D eigenvalue weighted by Crippen LogP contribution is -2.21. The maximum atomic E-state index is 15.3. The van der Waals surface area contributed by atoms with Crippen molar-refractivity contribution in [3.8, 4) is 11.3 Å². The number of nitrogens with zero attached hydrogens (tertiary/aromatic N) is 3. The van der Waals surface area contributed by atoms with Crippen molar-refractivity contribution in [1.29, 1.82) is 0 Å². The van der Waals surface area contributed by atoms with Gasteiger partial charge in [0.1, 0.15) is 0 Å². The number of nitrogens with one attached hydrogen (secondary N) is 3. The number of alkyl halides is 3. The molecule has 2 heterocycles. The Labute approximate surface area is 222 Å². The molecule has 3 N–H and O–H groups in total. The van der Waals surface area contributed by atoms with E-state index in [2.05, 4.69) is 30.8 Å². The quantitative estimate of drug-likeness (QED) is 0.165. The Morgan fingerprint density at radius 3 is 2.51 bits per heavy atom. The summed E-state index contributed by atoms with van der Waals surface area (Å²) in [5, 5.41) is 10.4. The van der Waals surface area contributed by atoms with E-state index in [4.69, 9.17) is 11.6 Å². The van der Waals surface area contributed by atoms with Gasteiger partial charge < -0.3 is 10.6 Å². The molecule has 0 aliphatic rings. The number of fused-ring (bicyclic) bond motifs is 1. The van der Waals surface area contributed by atoms with Crippen LogP contribution < -0.4 is 10.6 Å². The number of halogens is 5. The van der Waals surface area contributed by atoms with Gasteiger partial charge >= 0.3 is 12.2 Å². The number of urea groups is 1. The second-order valence-electron chi connectivity index (χ2n) is 8.21. The van der Waals surface area contributed by atoms with E-state index in [0.29, 0.717) is 28.4 Å². The third kappa shape index (κ3) is 5.41. The molecule has 196 valence electrons. The van der Waals surface area contributed by atoms with Crippen molar-refractivity contribution in [1.82, 2.24) is 20.2 Å². The van der Waals surface area contributed by atoms with Crippen molar-refractivity contribution in [2.45, 2.75) is 6.18 Å². The fourth-order valence-electron chi connectivity index (χ4n) is 3.75. The van der Waals surface area contributed by atoms with Crippen molar-refractivity contribution in [2.75, 3.05) is 10.6 Å². The molecule has 2 aromatic heterocycles. The predicted molar refractivity (Wildman–Crippen MR) is 136 cm³/mol. The number of amides is 2. The third-order valence-electron chi connectivity index (χ3n) is 5.62. The van der Waals surface area contributed by atoms with Crippen molar-refractivity contribution in [2.24, 2.45) is 0 Å². The normalized spacial score (nSPS) is 11.4. The Kier molecular flexibility index (Phi) is 6.71. The lowest BCUT2D eigenvalue weighted by molar-refractivity contribution is -0.137.